The van der Waals surface area contributed by atoms with Crippen molar-refractivity contribution in [1.82, 2.24) is 4.99 Å². The van der Waals surface area contributed by atoms with Gasteiger partial charge in [-0.15, -0.1) is 0 Å². The normalized spacial score (nSPS) is 18.5. The summed E-state index contributed by atoms with van der Waals surface area (Å²) in [7, 11) is 0. The number of hydrogen-bond acceptors (Lipinski definition) is 3. The molecule has 0 atom stereocenters. The lowest BCUT2D eigenvalue weighted by atomic mass is 11.3. The van der Waals surface area contributed by atoms with E-state index >= 15 is 0 Å². The molecule has 0 unspecified atom stereocenters. The van der Waals surface area contributed by atoms with Crippen molar-refractivity contribution in [1.29, 1.82) is 0 Å². The zero-order valence-electron chi connectivity index (χ0n) is 2.76. The summed E-state index contributed by atoms with van der Waals surface area (Å²) in [5.41, 5.74) is 0. The number of hydrogen-bond donors (Lipinski definition) is 0. The smallest absolute Gasteiger partial charge is 0.0225 e. The predicted octanol–water partition coefficient (Wildman–Crippen LogP) is 0.607. The van der Waals surface area contributed by atoms with Crippen LogP contribution in [0.25, 0.3) is 0 Å². The highest BCUT2D eigenvalue weighted by Crippen LogP contribution is 2.07. The number of halogens is 1. The highest BCUT2D eigenvalue weighted by molar-refractivity contribution is 8.16. The molecule has 0 bridgehead atoms. The molecule has 2 nitrogen and oxygen atoms in total. The van der Waals surface area contributed by atoms with Gasteiger partial charge < -0.3 is 0 Å². The molecule has 6 heavy (non-hydrogen) atoms. The van der Waals surface area contributed by atoms with Gasteiger partial charge in [-0.25, -0.2) is 0 Å². The molecule has 0 spiro atoms. The summed E-state index contributed by atoms with van der Waals surface area (Å²) in [5, 5.41) is 0. The van der Waals surface area contributed by atoms with Crippen LogP contribution in [0, 0.1) is 0 Å². The minimum absolute atomic E-state index is 0.495. The standard InChI is InChI=1S/C2HClN2S/c3-2-4-1-5-6-2/h1H/q+1. The molecule has 0 aromatic rings. The lowest BCUT2D eigenvalue weighted by Gasteiger charge is -1.55. The van der Waals surface area contributed by atoms with Gasteiger partial charge in [-0.3, -0.25) is 0 Å². The molecule has 1 rings (SSSR count). The van der Waals surface area contributed by atoms with Gasteiger partial charge in [0.15, 0.2) is 0 Å². The van der Waals surface area contributed by atoms with E-state index in [1.165, 1.54) is 18.3 Å². The average Bonchev–Trinajstić information content (AvgIpc) is 1.86. The summed E-state index contributed by atoms with van der Waals surface area (Å²) in [6.45, 7) is 0. The molecule has 0 aromatic carbocycles. The highest BCUT2D eigenvalue weighted by atomic mass is 35.5. The summed E-state index contributed by atoms with van der Waals surface area (Å²) in [4.78, 5) is 3.59. The van der Waals surface area contributed by atoms with E-state index in [2.05, 4.69) is 9.39 Å². The van der Waals surface area contributed by atoms with Crippen LogP contribution in [-0.4, -0.2) is 10.8 Å². The molecule has 0 N–H and O–H groups in total. The van der Waals surface area contributed by atoms with Gasteiger partial charge in [-0.1, -0.05) is 0 Å². The topological polar surface area (TPSA) is 26.5 Å². The summed E-state index contributed by atoms with van der Waals surface area (Å²) in [6.07, 6.45) is 1.42. The SMILES string of the molecule is ClC1=[N+]C=NS1. The van der Waals surface area contributed by atoms with Gasteiger partial charge in [-0.05, 0) is 16.6 Å². The van der Waals surface area contributed by atoms with Crippen molar-refractivity contribution in [2.24, 2.45) is 4.40 Å². The largest absolute Gasteiger partial charge is 0.339 e. The molecule has 0 saturated carbocycles. The first-order valence-electron chi connectivity index (χ1n) is 1.32. The minimum atomic E-state index is 0.495. The molecule has 1 radical (unpaired) electrons. The Morgan fingerprint density at radius 1 is 2.00 bits per heavy atom. The summed E-state index contributed by atoms with van der Waals surface area (Å²) in [5.74, 6) is 0. The maximum Gasteiger partial charge on any atom is 0.339 e. The van der Waals surface area contributed by atoms with Gasteiger partial charge in [0, 0.05) is 4.40 Å². The van der Waals surface area contributed by atoms with Gasteiger partial charge in [0.25, 0.3) is 0 Å². The molecule has 4 heteroatoms. The fraction of sp³-hybridized carbons (Fsp3) is 0. The first-order chi connectivity index (χ1) is 2.89. The second-order valence-electron chi connectivity index (χ2n) is 0.694. The van der Waals surface area contributed by atoms with Crippen LogP contribution in [0.15, 0.2) is 4.40 Å². The summed E-state index contributed by atoms with van der Waals surface area (Å²) in [6, 6.07) is 0. The van der Waals surface area contributed by atoms with Crippen molar-refractivity contribution in [3.05, 3.63) is 0 Å². The zero-order chi connectivity index (χ0) is 4.41. The van der Waals surface area contributed by atoms with Crippen molar-refractivity contribution in [2.75, 3.05) is 0 Å². The first-order valence-corrected chi connectivity index (χ1v) is 2.47. The third-order valence-corrected chi connectivity index (χ3v) is 1.09. The molecular formula is C2HClN2S+. The summed E-state index contributed by atoms with van der Waals surface area (Å²) < 4.78 is 4.12. The minimum Gasteiger partial charge on any atom is -0.0225 e. The van der Waals surface area contributed by atoms with E-state index in [1.54, 1.807) is 0 Å². The molecule has 1 aliphatic heterocycles. The molecule has 1 heterocycles. The third-order valence-electron chi connectivity index (χ3n) is 0.334. The number of aliphatic imine (C=N–C) groups is 1. The Labute approximate surface area is 44.5 Å². The van der Waals surface area contributed by atoms with Gasteiger partial charge >= 0.3 is 10.8 Å². The quantitative estimate of drug-likeness (QED) is 0.430. The Hall–Kier alpha value is -0.0200. The Morgan fingerprint density at radius 3 is 3.00 bits per heavy atom. The Kier molecular flexibility index (Phi) is 1.12. The molecule has 0 amide bonds. The number of nitrogens with zero attached hydrogens (tertiary/aromatic N) is 2. The van der Waals surface area contributed by atoms with Gasteiger partial charge in [-0.2, -0.15) is 0 Å². The van der Waals surface area contributed by atoms with Crippen molar-refractivity contribution in [2.45, 2.75) is 0 Å². The Bertz CT molecular complexity index is 108. The molecule has 31 valence electrons. The van der Waals surface area contributed by atoms with Crippen LogP contribution in [-0.2, 0) is 0 Å². The highest BCUT2D eigenvalue weighted by Gasteiger charge is 2.09. The van der Waals surface area contributed by atoms with E-state index in [9.17, 15) is 0 Å². The van der Waals surface area contributed by atoms with Gasteiger partial charge in [0.1, 0.15) is 0 Å². The van der Waals surface area contributed by atoms with Crippen molar-refractivity contribution < 1.29 is 0 Å². The molecule has 0 saturated heterocycles. The van der Waals surface area contributed by atoms with Crippen molar-refractivity contribution >= 4 is 34.4 Å². The molecule has 0 aromatic heterocycles. The van der Waals surface area contributed by atoms with Crippen LogP contribution in [0.3, 0.4) is 0 Å². The van der Waals surface area contributed by atoms with E-state index in [4.69, 9.17) is 11.6 Å². The van der Waals surface area contributed by atoms with E-state index in [1.807, 2.05) is 0 Å². The second kappa shape index (κ2) is 1.62. The molecule has 0 fully saturated rings. The van der Waals surface area contributed by atoms with Crippen LogP contribution >= 0.6 is 23.5 Å². The molecular weight excluding hydrogens is 120 g/mol. The maximum atomic E-state index is 5.30. The monoisotopic (exact) mass is 120 g/mol. The van der Waals surface area contributed by atoms with Crippen LogP contribution < -0.4 is 4.99 Å². The lowest BCUT2D eigenvalue weighted by molar-refractivity contribution is 1.61. The second-order valence-corrected chi connectivity index (χ2v) is 2.06. The van der Waals surface area contributed by atoms with Crippen LogP contribution in [0.5, 0.6) is 0 Å². The first kappa shape index (κ1) is 4.15. The van der Waals surface area contributed by atoms with E-state index in [0.29, 0.717) is 4.50 Å². The fourth-order valence-electron chi connectivity index (χ4n) is 0.160. The van der Waals surface area contributed by atoms with Crippen molar-refractivity contribution in [3.63, 3.8) is 0 Å². The Balaban J connectivity index is 2.61. The third kappa shape index (κ3) is 0.725. The Morgan fingerprint density at radius 2 is 2.83 bits per heavy atom. The van der Waals surface area contributed by atoms with E-state index in [0.717, 1.165) is 0 Å². The van der Waals surface area contributed by atoms with E-state index in [-0.39, 0.29) is 0 Å². The van der Waals surface area contributed by atoms with E-state index < -0.39 is 0 Å². The van der Waals surface area contributed by atoms with Crippen LogP contribution in [0.4, 0.5) is 0 Å². The number of rotatable bonds is 0. The molecule has 0 aliphatic carbocycles. The van der Waals surface area contributed by atoms with Gasteiger partial charge in [0.05, 0.1) is 0 Å². The predicted molar refractivity (Wildman–Crippen MR) is 29.1 cm³/mol. The summed E-state index contributed by atoms with van der Waals surface area (Å²) >= 11 is 6.48. The lowest BCUT2D eigenvalue weighted by Crippen LogP contribution is -1.82. The van der Waals surface area contributed by atoms with Crippen molar-refractivity contribution in [3.8, 4) is 0 Å². The zero-order valence-corrected chi connectivity index (χ0v) is 4.33. The maximum absolute atomic E-state index is 5.30. The fourth-order valence-corrected chi connectivity index (χ4v) is 0.598. The molecule has 1 aliphatic rings. The van der Waals surface area contributed by atoms with Gasteiger partial charge in [0.2, 0.25) is 11.9 Å². The van der Waals surface area contributed by atoms with Crippen LogP contribution in [0.1, 0.15) is 0 Å². The van der Waals surface area contributed by atoms with Crippen LogP contribution in [0.2, 0.25) is 0 Å². The average molecular weight is 121 g/mol.